The minimum atomic E-state index is 0.0886. The van der Waals surface area contributed by atoms with Crippen LogP contribution in [0.4, 0.5) is 5.82 Å². The Labute approximate surface area is 181 Å². The highest BCUT2D eigenvalue weighted by Crippen LogP contribution is 2.24. The second kappa shape index (κ2) is 9.32. The van der Waals surface area contributed by atoms with Crippen LogP contribution in [-0.4, -0.2) is 60.5 Å². The molecule has 1 fully saturated rings. The van der Waals surface area contributed by atoms with Crippen molar-refractivity contribution in [3.05, 3.63) is 71.6 Å². The number of aromatic nitrogens is 1. The summed E-state index contributed by atoms with van der Waals surface area (Å²) in [6, 6.07) is 17.3. The fourth-order valence-electron chi connectivity index (χ4n) is 3.54. The summed E-state index contributed by atoms with van der Waals surface area (Å²) in [6.07, 6.45) is 1.81. The zero-order valence-electron chi connectivity index (χ0n) is 17.0. The zero-order valence-corrected chi connectivity index (χ0v) is 17.8. The number of amides is 1. The van der Waals surface area contributed by atoms with E-state index in [1.165, 1.54) is 0 Å². The molecule has 1 amide bonds. The van der Waals surface area contributed by atoms with Crippen molar-refractivity contribution in [1.29, 1.82) is 0 Å². The maximum absolute atomic E-state index is 12.7. The van der Waals surface area contributed by atoms with Crippen molar-refractivity contribution in [2.24, 2.45) is 0 Å². The van der Waals surface area contributed by atoms with Crippen LogP contribution in [0.2, 0.25) is 5.02 Å². The smallest absolute Gasteiger partial charge is 0.236 e. The van der Waals surface area contributed by atoms with Gasteiger partial charge in [-0.2, -0.15) is 0 Å². The van der Waals surface area contributed by atoms with Crippen molar-refractivity contribution in [2.75, 3.05) is 44.7 Å². The summed E-state index contributed by atoms with van der Waals surface area (Å²) in [5.74, 6) is 2.62. The van der Waals surface area contributed by atoms with E-state index in [4.69, 9.17) is 16.0 Å². The molecule has 3 heterocycles. The van der Waals surface area contributed by atoms with Gasteiger partial charge in [0, 0.05) is 50.0 Å². The molecule has 0 radical (unpaired) electrons. The van der Waals surface area contributed by atoms with Crippen LogP contribution in [0.15, 0.2) is 65.2 Å². The van der Waals surface area contributed by atoms with Gasteiger partial charge in [-0.05, 0) is 48.5 Å². The molecule has 0 unspecified atom stereocenters. The molecule has 1 aromatic carbocycles. The Kier molecular flexibility index (Phi) is 6.35. The maximum Gasteiger partial charge on any atom is 0.236 e. The zero-order chi connectivity index (χ0) is 20.9. The lowest BCUT2D eigenvalue weighted by Gasteiger charge is -2.35. The molecule has 2 aromatic heterocycles. The highest BCUT2D eigenvalue weighted by atomic mass is 35.5. The van der Waals surface area contributed by atoms with Crippen molar-refractivity contribution in [2.45, 2.75) is 6.54 Å². The van der Waals surface area contributed by atoms with Gasteiger partial charge in [-0.25, -0.2) is 4.98 Å². The average molecular weight is 425 g/mol. The number of nitrogens with zero attached hydrogens (tertiary/aromatic N) is 4. The van der Waals surface area contributed by atoms with Gasteiger partial charge >= 0.3 is 0 Å². The average Bonchev–Trinajstić information content (AvgIpc) is 3.24. The molecule has 7 heteroatoms. The molecular weight excluding hydrogens is 400 g/mol. The first-order chi connectivity index (χ1) is 14.6. The van der Waals surface area contributed by atoms with E-state index in [-0.39, 0.29) is 5.91 Å². The standard InChI is InChI=1S/C23H25ClN4O2/c1-26(16-20-9-10-21(30-20)18-5-7-19(24)8-6-18)23(29)17-27-12-14-28(15-13-27)22-4-2-3-11-25-22/h2-11H,12-17H2,1H3. The van der Waals surface area contributed by atoms with Gasteiger partial charge in [0.1, 0.15) is 17.3 Å². The topological polar surface area (TPSA) is 52.8 Å². The molecule has 3 aromatic rings. The number of halogens is 1. The lowest BCUT2D eigenvalue weighted by Crippen LogP contribution is -2.49. The molecule has 0 N–H and O–H groups in total. The monoisotopic (exact) mass is 424 g/mol. The number of anilines is 1. The fraction of sp³-hybridized carbons (Fsp3) is 0.304. The van der Waals surface area contributed by atoms with E-state index in [1.54, 1.807) is 4.90 Å². The molecule has 1 aliphatic heterocycles. The van der Waals surface area contributed by atoms with Crippen LogP contribution >= 0.6 is 11.6 Å². The Morgan fingerprint density at radius 2 is 1.83 bits per heavy atom. The summed E-state index contributed by atoms with van der Waals surface area (Å²) in [7, 11) is 1.82. The number of carbonyl (C=O) groups is 1. The number of rotatable bonds is 6. The molecule has 0 spiro atoms. The van der Waals surface area contributed by atoms with Crippen molar-refractivity contribution < 1.29 is 9.21 Å². The van der Waals surface area contributed by atoms with Crippen LogP contribution in [0.25, 0.3) is 11.3 Å². The second-order valence-corrected chi connectivity index (χ2v) is 7.91. The normalized spacial score (nSPS) is 14.7. The van der Waals surface area contributed by atoms with Crippen LogP contribution in [0.1, 0.15) is 5.76 Å². The minimum absolute atomic E-state index is 0.0886. The van der Waals surface area contributed by atoms with Gasteiger partial charge in [0.25, 0.3) is 0 Å². The minimum Gasteiger partial charge on any atom is -0.459 e. The molecule has 0 saturated carbocycles. The third-order valence-electron chi connectivity index (χ3n) is 5.31. The Bertz CT molecular complexity index is 966. The molecule has 0 aliphatic carbocycles. The van der Waals surface area contributed by atoms with Gasteiger partial charge < -0.3 is 14.2 Å². The van der Waals surface area contributed by atoms with Crippen LogP contribution < -0.4 is 4.90 Å². The summed E-state index contributed by atoms with van der Waals surface area (Å²) in [5.41, 5.74) is 0.963. The SMILES string of the molecule is CN(Cc1ccc(-c2ccc(Cl)cc2)o1)C(=O)CN1CCN(c2ccccn2)CC1. The van der Waals surface area contributed by atoms with E-state index < -0.39 is 0 Å². The molecule has 1 saturated heterocycles. The Morgan fingerprint density at radius 1 is 1.07 bits per heavy atom. The predicted molar refractivity (Wildman–Crippen MR) is 119 cm³/mol. The highest BCUT2D eigenvalue weighted by molar-refractivity contribution is 6.30. The van der Waals surface area contributed by atoms with E-state index in [2.05, 4.69) is 14.8 Å². The first-order valence-corrected chi connectivity index (χ1v) is 10.4. The number of carbonyl (C=O) groups excluding carboxylic acids is 1. The molecular formula is C23H25ClN4O2. The van der Waals surface area contributed by atoms with E-state index in [9.17, 15) is 4.79 Å². The molecule has 0 atom stereocenters. The predicted octanol–water partition coefficient (Wildman–Crippen LogP) is 3.78. The van der Waals surface area contributed by atoms with E-state index in [0.717, 1.165) is 49.1 Å². The maximum atomic E-state index is 12.7. The Hall–Kier alpha value is -2.83. The number of hydrogen-bond acceptors (Lipinski definition) is 5. The molecule has 4 rings (SSSR count). The summed E-state index contributed by atoms with van der Waals surface area (Å²) < 4.78 is 5.92. The van der Waals surface area contributed by atoms with Gasteiger partial charge in [-0.15, -0.1) is 0 Å². The summed E-state index contributed by atoms with van der Waals surface area (Å²) in [4.78, 5) is 23.3. The molecule has 6 nitrogen and oxygen atoms in total. The van der Waals surface area contributed by atoms with Crippen molar-refractivity contribution >= 4 is 23.3 Å². The van der Waals surface area contributed by atoms with Gasteiger partial charge in [-0.3, -0.25) is 9.69 Å². The van der Waals surface area contributed by atoms with Crippen molar-refractivity contribution in [1.82, 2.24) is 14.8 Å². The van der Waals surface area contributed by atoms with Crippen LogP contribution in [0, 0.1) is 0 Å². The van der Waals surface area contributed by atoms with Gasteiger partial charge in [0.05, 0.1) is 13.1 Å². The lowest BCUT2D eigenvalue weighted by atomic mass is 10.2. The molecule has 156 valence electrons. The van der Waals surface area contributed by atoms with Crippen LogP contribution in [0.5, 0.6) is 0 Å². The van der Waals surface area contributed by atoms with E-state index in [1.807, 2.05) is 67.8 Å². The Balaban J connectivity index is 1.27. The second-order valence-electron chi connectivity index (χ2n) is 7.47. The van der Waals surface area contributed by atoms with Gasteiger partial charge in [0.2, 0.25) is 5.91 Å². The quantitative estimate of drug-likeness (QED) is 0.602. The van der Waals surface area contributed by atoms with Gasteiger partial charge in [0.15, 0.2) is 0 Å². The molecule has 30 heavy (non-hydrogen) atoms. The van der Waals surface area contributed by atoms with Crippen LogP contribution in [0.3, 0.4) is 0 Å². The third-order valence-corrected chi connectivity index (χ3v) is 5.57. The number of hydrogen-bond donors (Lipinski definition) is 0. The number of benzene rings is 1. The lowest BCUT2D eigenvalue weighted by molar-refractivity contribution is -0.131. The summed E-state index contributed by atoms with van der Waals surface area (Å²) in [5, 5.41) is 0.691. The molecule has 1 aliphatic rings. The first kappa shape index (κ1) is 20.4. The Morgan fingerprint density at radius 3 is 2.53 bits per heavy atom. The van der Waals surface area contributed by atoms with Gasteiger partial charge in [-0.1, -0.05) is 17.7 Å². The van der Waals surface area contributed by atoms with Crippen molar-refractivity contribution in [3.8, 4) is 11.3 Å². The van der Waals surface area contributed by atoms with Crippen LogP contribution in [-0.2, 0) is 11.3 Å². The van der Waals surface area contributed by atoms with Crippen molar-refractivity contribution in [3.63, 3.8) is 0 Å². The largest absolute Gasteiger partial charge is 0.459 e. The number of piperazine rings is 1. The molecule has 0 bridgehead atoms. The first-order valence-electron chi connectivity index (χ1n) is 10.1. The summed E-state index contributed by atoms with van der Waals surface area (Å²) in [6.45, 7) is 4.29. The van der Waals surface area contributed by atoms with E-state index in [0.29, 0.717) is 18.1 Å². The fourth-order valence-corrected chi connectivity index (χ4v) is 3.67. The van der Waals surface area contributed by atoms with E-state index >= 15 is 0 Å². The highest BCUT2D eigenvalue weighted by Gasteiger charge is 2.21. The third kappa shape index (κ3) is 5.01. The number of likely N-dealkylation sites (N-methyl/N-ethyl adjacent to an activating group) is 1. The number of pyridine rings is 1. The summed E-state index contributed by atoms with van der Waals surface area (Å²) >= 11 is 5.94. The number of furan rings is 1.